The third kappa shape index (κ3) is 3.20. The van der Waals surface area contributed by atoms with Crippen LogP contribution in [0.25, 0.3) is 10.6 Å². The molecule has 3 rings (SSSR count). The van der Waals surface area contributed by atoms with Crippen molar-refractivity contribution in [3.63, 3.8) is 0 Å². The highest BCUT2D eigenvalue weighted by atomic mass is 32.1. The second kappa shape index (κ2) is 6.11. The number of anilines is 1. The fourth-order valence-electron chi connectivity index (χ4n) is 1.80. The van der Waals surface area contributed by atoms with Gasteiger partial charge in [-0.15, -0.1) is 21.5 Å². The van der Waals surface area contributed by atoms with E-state index in [0.29, 0.717) is 0 Å². The normalized spacial score (nSPS) is 10.7. The van der Waals surface area contributed by atoms with Crippen LogP contribution in [0, 0.1) is 6.92 Å². The molecule has 0 atom stereocenters. The van der Waals surface area contributed by atoms with Gasteiger partial charge in [-0.25, -0.2) is 4.98 Å². The summed E-state index contributed by atoms with van der Waals surface area (Å²) in [5.41, 5.74) is 2.29. The summed E-state index contributed by atoms with van der Waals surface area (Å²) in [6.07, 6.45) is 0.891. The smallest absolute Gasteiger partial charge is 0.205 e. The van der Waals surface area contributed by atoms with Crippen molar-refractivity contribution in [1.82, 2.24) is 15.2 Å². The van der Waals surface area contributed by atoms with E-state index in [1.807, 2.05) is 25.1 Å². The molecule has 4 nitrogen and oxygen atoms in total. The van der Waals surface area contributed by atoms with E-state index < -0.39 is 0 Å². The van der Waals surface area contributed by atoms with Crippen LogP contribution in [0.2, 0.25) is 0 Å². The van der Waals surface area contributed by atoms with Gasteiger partial charge in [0, 0.05) is 23.9 Å². The summed E-state index contributed by atoms with van der Waals surface area (Å²) in [7, 11) is 0. The van der Waals surface area contributed by atoms with Gasteiger partial charge in [0.1, 0.15) is 10.0 Å². The van der Waals surface area contributed by atoms with Crippen LogP contribution in [0.5, 0.6) is 0 Å². The summed E-state index contributed by atoms with van der Waals surface area (Å²) in [6.45, 7) is 2.78. The van der Waals surface area contributed by atoms with Crippen LogP contribution in [0.4, 0.5) is 5.13 Å². The predicted octanol–water partition coefficient (Wildman–Crippen LogP) is 3.62. The Morgan fingerprint density at radius 3 is 2.75 bits per heavy atom. The SMILES string of the molecule is Cc1nnc(NCCc2csc(-c3ccccc3)n2)s1. The summed E-state index contributed by atoms with van der Waals surface area (Å²) >= 11 is 3.26. The molecule has 2 aromatic heterocycles. The number of thiazole rings is 1. The molecule has 0 saturated heterocycles. The molecule has 0 bridgehead atoms. The molecule has 1 N–H and O–H groups in total. The molecule has 2 heterocycles. The minimum atomic E-state index is 0.826. The van der Waals surface area contributed by atoms with Crippen molar-refractivity contribution in [2.75, 3.05) is 11.9 Å². The summed E-state index contributed by atoms with van der Waals surface area (Å²) < 4.78 is 0. The van der Waals surface area contributed by atoms with Gasteiger partial charge in [0.15, 0.2) is 0 Å². The molecule has 6 heteroatoms. The zero-order valence-electron chi connectivity index (χ0n) is 11.0. The Bertz CT molecular complexity index is 675. The monoisotopic (exact) mass is 302 g/mol. The average Bonchev–Trinajstić information content (AvgIpc) is 3.09. The quantitative estimate of drug-likeness (QED) is 0.782. The van der Waals surface area contributed by atoms with Crippen molar-refractivity contribution < 1.29 is 0 Å². The molecular weight excluding hydrogens is 288 g/mol. The first kappa shape index (κ1) is 13.2. The minimum absolute atomic E-state index is 0.826. The van der Waals surface area contributed by atoms with Gasteiger partial charge in [0.25, 0.3) is 0 Å². The molecule has 0 aliphatic carbocycles. The van der Waals surface area contributed by atoms with Crippen molar-refractivity contribution in [2.24, 2.45) is 0 Å². The Kier molecular flexibility index (Phi) is 4.03. The second-order valence-electron chi connectivity index (χ2n) is 4.31. The van der Waals surface area contributed by atoms with Gasteiger partial charge in [-0.1, -0.05) is 41.7 Å². The molecule has 0 aliphatic heterocycles. The second-order valence-corrected chi connectivity index (χ2v) is 6.35. The van der Waals surface area contributed by atoms with E-state index in [0.717, 1.165) is 33.8 Å². The number of hydrogen-bond donors (Lipinski definition) is 1. The van der Waals surface area contributed by atoms with Crippen LogP contribution >= 0.6 is 22.7 Å². The van der Waals surface area contributed by atoms with Crippen molar-refractivity contribution >= 4 is 27.8 Å². The van der Waals surface area contributed by atoms with E-state index in [-0.39, 0.29) is 0 Å². The highest BCUT2D eigenvalue weighted by Gasteiger charge is 2.05. The average molecular weight is 302 g/mol. The lowest BCUT2D eigenvalue weighted by Gasteiger charge is -1.99. The highest BCUT2D eigenvalue weighted by Crippen LogP contribution is 2.23. The number of aryl methyl sites for hydroxylation is 1. The van der Waals surface area contributed by atoms with Gasteiger partial charge in [-0.3, -0.25) is 0 Å². The van der Waals surface area contributed by atoms with Gasteiger partial charge >= 0.3 is 0 Å². The van der Waals surface area contributed by atoms with Crippen LogP contribution in [0.3, 0.4) is 0 Å². The molecule has 3 aromatic rings. The van der Waals surface area contributed by atoms with Gasteiger partial charge in [-0.2, -0.15) is 0 Å². The van der Waals surface area contributed by atoms with E-state index in [2.05, 4.69) is 38.0 Å². The molecule has 0 saturated carbocycles. The highest BCUT2D eigenvalue weighted by molar-refractivity contribution is 7.15. The largest absolute Gasteiger partial charge is 0.360 e. The number of rotatable bonds is 5. The van der Waals surface area contributed by atoms with Gasteiger partial charge in [-0.05, 0) is 6.92 Å². The van der Waals surface area contributed by atoms with E-state index >= 15 is 0 Å². The van der Waals surface area contributed by atoms with E-state index in [9.17, 15) is 0 Å². The zero-order valence-corrected chi connectivity index (χ0v) is 12.7. The maximum absolute atomic E-state index is 4.66. The summed E-state index contributed by atoms with van der Waals surface area (Å²) in [5.74, 6) is 0. The zero-order chi connectivity index (χ0) is 13.8. The number of nitrogens with one attached hydrogen (secondary N) is 1. The van der Waals surface area contributed by atoms with E-state index in [4.69, 9.17) is 0 Å². The van der Waals surface area contributed by atoms with Crippen molar-refractivity contribution in [1.29, 1.82) is 0 Å². The molecule has 0 aliphatic rings. The Morgan fingerprint density at radius 1 is 1.15 bits per heavy atom. The van der Waals surface area contributed by atoms with Gasteiger partial charge < -0.3 is 5.32 Å². The lowest BCUT2D eigenvalue weighted by Crippen LogP contribution is -2.04. The molecule has 1 aromatic carbocycles. The van der Waals surface area contributed by atoms with Crippen LogP contribution < -0.4 is 5.32 Å². The van der Waals surface area contributed by atoms with Crippen LogP contribution in [-0.4, -0.2) is 21.7 Å². The molecule has 102 valence electrons. The first-order valence-electron chi connectivity index (χ1n) is 6.35. The topological polar surface area (TPSA) is 50.7 Å². The van der Waals surface area contributed by atoms with Gasteiger partial charge in [0.05, 0.1) is 5.69 Å². The van der Waals surface area contributed by atoms with Gasteiger partial charge in [0.2, 0.25) is 5.13 Å². The van der Waals surface area contributed by atoms with Crippen LogP contribution in [-0.2, 0) is 6.42 Å². The van der Waals surface area contributed by atoms with Crippen molar-refractivity contribution in [2.45, 2.75) is 13.3 Å². The standard InChI is InChI=1S/C14H14N4S2/c1-10-17-18-14(20-10)15-8-7-12-9-19-13(16-12)11-5-3-2-4-6-11/h2-6,9H,7-8H2,1H3,(H,15,18). The molecule has 0 spiro atoms. The first-order valence-corrected chi connectivity index (χ1v) is 8.05. The lowest BCUT2D eigenvalue weighted by atomic mass is 10.2. The fraction of sp³-hybridized carbons (Fsp3) is 0.214. The summed E-state index contributed by atoms with van der Waals surface area (Å²) in [4.78, 5) is 4.66. The maximum Gasteiger partial charge on any atom is 0.205 e. The lowest BCUT2D eigenvalue weighted by molar-refractivity contribution is 0.960. The van der Waals surface area contributed by atoms with E-state index in [1.165, 1.54) is 5.56 Å². The number of nitrogens with zero attached hydrogens (tertiary/aromatic N) is 3. The first-order chi connectivity index (χ1) is 9.81. The Labute approximate surface area is 125 Å². The summed E-state index contributed by atoms with van der Waals surface area (Å²) in [5, 5.41) is 16.3. The Morgan fingerprint density at radius 2 is 2.00 bits per heavy atom. The molecule has 0 unspecified atom stereocenters. The molecule has 0 radical (unpaired) electrons. The van der Waals surface area contributed by atoms with Crippen molar-refractivity contribution in [3.8, 4) is 10.6 Å². The fourth-order valence-corrected chi connectivity index (χ4v) is 3.28. The Hall–Kier alpha value is -1.79. The number of hydrogen-bond acceptors (Lipinski definition) is 6. The molecule has 20 heavy (non-hydrogen) atoms. The van der Waals surface area contributed by atoms with Crippen LogP contribution in [0.15, 0.2) is 35.7 Å². The third-order valence-electron chi connectivity index (χ3n) is 2.76. The maximum atomic E-state index is 4.66. The molecular formula is C14H14N4S2. The Balaban J connectivity index is 1.58. The molecule has 0 fully saturated rings. The minimum Gasteiger partial charge on any atom is -0.360 e. The third-order valence-corrected chi connectivity index (χ3v) is 4.49. The van der Waals surface area contributed by atoms with Crippen molar-refractivity contribution in [3.05, 3.63) is 46.4 Å². The predicted molar refractivity (Wildman–Crippen MR) is 84.4 cm³/mol. The number of benzene rings is 1. The van der Waals surface area contributed by atoms with Crippen LogP contribution in [0.1, 0.15) is 10.7 Å². The molecule has 0 amide bonds. The summed E-state index contributed by atoms with van der Waals surface area (Å²) in [6, 6.07) is 10.3. The van der Waals surface area contributed by atoms with E-state index in [1.54, 1.807) is 22.7 Å². The number of aromatic nitrogens is 3.